The SMILES string of the molecule is COc1ccc(/C=N/n2c(=O)[nH]c3c([nH]c4cc(OC)c(OC)cc43)c2=O)cc1CN1CCCC1. The molecule has 2 aromatic carbocycles. The van der Waals surface area contributed by atoms with Crippen LogP contribution < -0.4 is 25.5 Å². The second kappa shape index (κ2) is 9.30. The summed E-state index contributed by atoms with van der Waals surface area (Å²) >= 11 is 0. The lowest BCUT2D eigenvalue weighted by Crippen LogP contribution is -2.32. The van der Waals surface area contributed by atoms with Crippen molar-refractivity contribution in [2.75, 3.05) is 34.4 Å². The molecule has 1 aliphatic heterocycles. The second-order valence-electron chi connectivity index (χ2n) is 8.47. The van der Waals surface area contributed by atoms with Crippen LogP contribution in [0.3, 0.4) is 0 Å². The lowest BCUT2D eigenvalue weighted by atomic mass is 10.1. The van der Waals surface area contributed by atoms with Gasteiger partial charge in [-0.15, -0.1) is 4.68 Å². The standard InChI is InChI=1S/C25H27N5O5/c1-33-19-7-6-15(10-16(19)14-29-8-4-5-9-29)13-26-30-24(31)23-22(28-25(30)32)17-11-20(34-2)21(35-3)12-18(17)27-23/h6-7,10-13,27H,4-5,8-9,14H2,1-3H3,(H,28,32)/b26-13+. The van der Waals surface area contributed by atoms with E-state index in [9.17, 15) is 9.59 Å². The van der Waals surface area contributed by atoms with Crippen LogP contribution in [0, 0.1) is 0 Å². The molecular formula is C25H27N5O5. The van der Waals surface area contributed by atoms with Crippen LogP contribution >= 0.6 is 0 Å². The highest BCUT2D eigenvalue weighted by Gasteiger charge is 2.17. The number of rotatable bonds is 7. The van der Waals surface area contributed by atoms with Gasteiger partial charge in [-0.1, -0.05) is 0 Å². The zero-order valence-corrected chi connectivity index (χ0v) is 19.9. The molecule has 0 unspecified atom stereocenters. The molecule has 0 spiro atoms. The van der Waals surface area contributed by atoms with E-state index in [4.69, 9.17) is 14.2 Å². The first kappa shape index (κ1) is 22.7. The lowest BCUT2D eigenvalue weighted by molar-refractivity contribution is 0.321. The molecule has 35 heavy (non-hydrogen) atoms. The van der Waals surface area contributed by atoms with Crippen molar-refractivity contribution in [2.45, 2.75) is 19.4 Å². The van der Waals surface area contributed by atoms with Crippen molar-refractivity contribution in [2.24, 2.45) is 5.10 Å². The van der Waals surface area contributed by atoms with E-state index in [0.29, 0.717) is 27.9 Å². The lowest BCUT2D eigenvalue weighted by Gasteiger charge is -2.17. The largest absolute Gasteiger partial charge is 0.496 e. The van der Waals surface area contributed by atoms with Crippen LogP contribution in [-0.2, 0) is 6.54 Å². The molecule has 2 N–H and O–H groups in total. The number of likely N-dealkylation sites (tertiary alicyclic amines) is 1. The van der Waals surface area contributed by atoms with E-state index in [1.54, 1.807) is 19.2 Å². The highest BCUT2D eigenvalue weighted by Crippen LogP contribution is 2.34. The first-order valence-electron chi connectivity index (χ1n) is 11.4. The molecule has 0 aliphatic carbocycles. The van der Waals surface area contributed by atoms with Gasteiger partial charge in [-0.2, -0.15) is 5.10 Å². The van der Waals surface area contributed by atoms with E-state index >= 15 is 0 Å². The van der Waals surface area contributed by atoms with Crippen LogP contribution in [0.15, 0.2) is 45.0 Å². The Labute approximate surface area is 200 Å². The van der Waals surface area contributed by atoms with Gasteiger partial charge < -0.3 is 24.2 Å². The van der Waals surface area contributed by atoms with E-state index in [0.717, 1.165) is 41.2 Å². The summed E-state index contributed by atoms with van der Waals surface area (Å²) in [6.07, 6.45) is 3.90. The van der Waals surface area contributed by atoms with E-state index < -0.39 is 11.2 Å². The summed E-state index contributed by atoms with van der Waals surface area (Å²) in [5.74, 6) is 1.80. The van der Waals surface area contributed by atoms with Crippen LogP contribution in [0.2, 0.25) is 0 Å². The summed E-state index contributed by atoms with van der Waals surface area (Å²) in [7, 11) is 4.71. The third kappa shape index (κ3) is 4.17. The topological polar surface area (TPSA) is 114 Å². The maximum Gasteiger partial charge on any atom is 0.350 e. The van der Waals surface area contributed by atoms with Gasteiger partial charge in [0.1, 0.15) is 11.3 Å². The molecule has 0 radical (unpaired) electrons. The Balaban J connectivity index is 1.53. The predicted octanol–water partition coefficient (Wildman–Crippen LogP) is 2.67. The minimum absolute atomic E-state index is 0.233. The number of methoxy groups -OCH3 is 3. The van der Waals surface area contributed by atoms with Crippen molar-refractivity contribution in [1.82, 2.24) is 19.5 Å². The van der Waals surface area contributed by atoms with Crippen LogP contribution in [0.25, 0.3) is 21.9 Å². The normalized spacial score (nSPS) is 14.4. The average molecular weight is 478 g/mol. The maximum atomic E-state index is 13.2. The number of aromatic amines is 2. The number of aromatic nitrogens is 3. The molecule has 0 amide bonds. The number of benzene rings is 2. The number of H-pyrrole nitrogens is 2. The van der Waals surface area contributed by atoms with Gasteiger partial charge in [0.15, 0.2) is 11.5 Å². The van der Waals surface area contributed by atoms with E-state index in [2.05, 4.69) is 20.0 Å². The van der Waals surface area contributed by atoms with E-state index in [1.807, 2.05) is 18.2 Å². The van der Waals surface area contributed by atoms with Gasteiger partial charge in [0.05, 0.1) is 38.6 Å². The van der Waals surface area contributed by atoms with Gasteiger partial charge in [-0.25, -0.2) is 4.79 Å². The highest BCUT2D eigenvalue weighted by atomic mass is 16.5. The Morgan fingerprint density at radius 1 is 0.914 bits per heavy atom. The fourth-order valence-corrected chi connectivity index (χ4v) is 4.58. The average Bonchev–Trinajstić information content (AvgIpc) is 3.51. The summed E-state index contributed by atoms with van der Waals surface area (Å²) < 4.78 is 17.0. The molecule has 0 atom stereocenters. The molecule has 10 nitrogen and oxygen atoms in total. The van der Waals surface area contributed by atoms with Gasteiger partial charge in [0.2, 0.25) is 0 Å². The van der Waals surface area contributed by atoms with Crippen LogP contribution in [0.4, 0.5) is 0 Å². The Bertz CT molecular complexity index is 1540. The van der Waals surface area contributed by atoms with Gasteiger partial charge in [-0.3, -0.25) is 9.69 Å². The van der Waals surface area contributed by atoms with Crippen molar-refractivity contribution in [3.63, 3.8) is 0 Å². The summed E-state index contributed by atoms with van der Waals surface area (Å²) in [6, 6.07) is 9.13. The van der Waals surface area contributed by atoms with E-state index in [1.165, 1.54) is 33.3 Å². The van der Waals surface area contributed by atoms with Gasteiger partial charge >= 0.3 is 11.2 Å². The Kier molecular flexibility index (Phi) is 6.04. The second-order valence-corrected chi connectivity index (χ2v) is 8.47. The third-order valence-electron chi connectivity index (χ3n) is 6.35. The third-order valence-corrected chi connectivity index (χ3v) is 6.35. The van der Waals surface area contributed by atoms with Crippen molar-refractivity contribution in [3.8, 4) is 17.2 Å². The van der Waals surface area contributed by atoms with Gasteiger partial charge in [-0.05, 0) is 55.8 Å². The molecule has 1 saturated heterocycles. The molecule has 182 valence electrons. The summed E-state index contributed by atoms with van der Waals surface area (Å²) in [6.45, 7) is 2.91. The van der Waals surface area contributed by atoms with Crippen LogP contribution in [-0.4, -0.2) is 60.2 Å². The molecule has 1 fully saturated rings. The number of nitrogens with zero attached hydrogens (tertiary/aromatic N) is 3. The van der Waals surface area contributed by atoms with E-state index in [-0.39, 0.29) is 5.52 Å². The molecule has 3 heterocycles. The van der Waals surface area contributed by atoms with Crippen molar-refractivity contribution < 1.29 is 14.2 Å². The molecular weight excluding hydrogens is 450 g/mol. The number of nitrogens with one attached hydrogen (secondary N) is 2. The molecule has 4 aromatic rings. The zero-order valence-electron chi connectivity index (χ0n) is 19.9. The fourth-order valence-electron chi connectivity index (χ4n) is 4.58. The predicted molar refractivity (Wildman–Crippen MR) is 134 cm³/mol. The summed E-state index contributed by atoms with van der Waals surface area (Å²) in [5.41, 5.74) is 1.86. The summed E-state index contributed by atoms with van der Waals surface area (Å²) in [4.78, 5) is 34.2. The number of ether oxygens (including phenoxy) is 3. The minimum Gasteiger partial charge on any atom is -0.496 e. The smallest absolute Gasteiger partial charge is 0.350 e. The Morgan fingerprint density at radius 2 is 1.63 bits per heavy atom. The number of hydrogen-bond donors (Lipinski definition) is 2. The summed E-state index contributed by atoms with van der Waals surface area (Å²) in [5, 5.41) is 4.85. The molecule has 10 heteroatoms. The first-order chi connectivity index (χ1) is 17.0. The molecule has 5 rings (SSSR count). The van der Waals surface area contributed by atoms with Crippen molar-refractivity contribution in [3.05, 3.63) is 62.3 Å². The molecule has 0 saturated carbocycles. The van der Waals surface area contributed by atoms with Gasteiger partial charge in [0.25, 0.3) is 0 Å². The van der Waals surface area contributed by atoms with Gasteiger partial charge in [0, 0.05) is 23.6 Å². The Morgan fingerprint density at radius 3 is 2.34 bits per heavy atom. The number of fused-ring (bicyclic) bond motifs is 3. The fraction of sp³-hybridized carbons (Fsp3) is 0.320. The zero-order chi connectivity index (χ0) is 24.5. The van der Waals surface area contributed by atoms with Crippen LogP contribution in [0.5, 0.6) is 17.2 Å². The Hall–Kier alpha value is -4.05. The molecule has 0 bridgehead atoms. The minimum atomic E-state index is -0.639. The quantitative estimate of drug-likeness (QED) is 0.396. The first-order valence-corrected chi connectivity index (χ1v) is 11.4. The van der Waals surface area contributed by atoms with Crippen molar-refractivity contribution >= 4 is 28.2 Å². The number of hydrogen-bond acceptors (Lipinski definition) is 7. The highest BCUT2D eigenvalue weighted by molar-refractivity contribution is 6.05. The van der Waals surface area contributed by atoms with Crippen molar-refractivity contribution in [1.29, 1.82) is 0 Å². The maximum absolute atomic E-state index is 13.2. The monoisotopic (exact) mass is 477 g/mol. The molecule has 2 aromatic heterocycles. The van der Waals surface area contributed by atoms with Crippen LogP contribution in [0.1, 0.15) is 24.0 Å². The molecule has 1 aliphatic rings.